The first kappa shape index (κ1) is 18.8. The highest BCUT2D eigenvalue weighted by molar-refractivity contribution is 5.94. The van der Waals surface area contributed by atoms with E-state index in [0.717, 1.165) is 5.56 Å². The third kappa shape index (κ3) is 3.26. The number of fused-ring (bicyclic) bond motifs is 1. The Morgan fingerprint density at radius 2 is 1.90 bits per heavy atom. The first-order valence-electron chi connectivity index (χ1n) is 9.31. The predicted molar refractivity (Wildman–Crippen MR) is 106 cm³/mol. The maximum absolute atomic E-state index is 12.6. The maximum Gasteiger partial charge on any atom is 0.337 e. The number of esters is 1. The normalized spacial score (nSPS) is 15.9. The largest absolute Gasteiger partial charge is 0.465 e. The standard InChI is InChI=1S/C21H21N3O5/c1-11(2)24-19-18(20(26)23-24)14(10-17(25)22-19)16-9-8-15(29-16)12-4-6-13(7-5-12)21(27)28-3/h4-9,11,14H,10H2,1-3H3,(H,22,25)(H,23,26)/t14-/m0/s1. The molecule has 0 fully saturated rings. The summed E-state index contributed by atoms with van der Waals surface area (Å²) < 4.78 is 12.4. The van der Waals surface area contributed by atoms with Crippen molar-refractivity contribution in [3.8, 4) is 11.3 Å². The molecule has 0 spiro atoms. The summed E-state index contributed by atoms with van der Waals surface area (Å²) in [5.74, 6) is 0.573. The minimum atomic E-state index is -0.467. The molecule has 0 saturated carbocycles. The molecule has 1 aliphatic rings. The van der Waals surface area contributed by atoms with Gasteiger partial charge in [0.25, 0.3) is 5.56 Å². The Morgan fingerprint density at radius 3 is 2.55 bits per heavy atom. The molecule has 3 heterocycles. The highest BCUT2D eigenvalue weighted by Crippen LogP contribution is 2.38. The summed E-state index contributed by atoms with van der Waals surface area (Å²) in [6, 6.07) is 10.4. The van der Waals surface area contributed by atoms with Gasteiger partial charge in [0.1, 0.15) is 17.3 Å². The number of benzene rings is 1. The van der Waals surface area contributed by atoms with Crippen LogP contribution in [0, 0.1) is 0 Å². The number of hydrogen-bond acceptors (Lipinski definition) is 5. The number of amides is 1. The van der Waals surface area contributed by atoms with E-state index in [4.69, 9.17) is 9.15 Å². The van der Waals surface area contributed by atoms with Crippen molar-refractivity contribution in [3.63, 3.8) is 0 Å². The van der Waals surface area contributed by atoms with Gasteiger partial charge in [-0.2, -0.15) is 0 Å². The number of carbonyl (C=O) groups is 2. The Labute approximate surface area is 166 Å². The van der Waals surface area contributed by atoms with Crippen LogP contribution in [0.15, 0.2) is 45.6 Å². The molecule has 2 aromatic heterocycles. The Balaban J connectivity index is 1.70. The summed E-state index contributed by atoms with van der Waals surface area (Å²) in [5.41, 5.74) is 1.48. The number of carbonyl (C=O) groups excluding carboxylic acids is 2. The Hall–Kier alpha value is -3.55. The number of ether oxygens (including phenoxy) is 1. The highest BCUT2D eigenvalue weighted by Gasteiger charge is 2.34. The molecule has 2 N–H and O–H groups in total. The Bertz CT molecular complexity index is 1130. The van der Waals surface area contributed by atoms with Crippen LogP contribution in [-0.2, 0) is 9.53 Å². The molecule has 8 heteroatoms. The van der Waals surface area contributed by atoms with E-state index in [2.05, 4.69) is 10.4 Å². The van der Waals surface area contributed by atoms with Gasteiger partial charge in [-0.3, -0.25) is 19.4 Å². The third-order valence-corrected chi connectivity index (χ3v) is 5.04. The van der Waals surface area contributed by atoms with Crippen LogP contribution in [0.5, 0.6) is 0 Å². The molecule has 0 bridgehead atoms. The van der Waals surface area contributed by atoms with Crippen LogP contribution in [0.4, 0.5) is 5.82 Å². The zero-order valence-electron chi connectivity index (χ0n) is 16.3. The van der Waals surface area contributed by atoms with Gasteiger partial charge in [0, 0.05) is 18.0 Å². The fraction of sp³-hybridized carbons (Fsp3) is 0.286. The summed E-state index contributed by atoms with van der Waals surface area (Å²) >= 11 is 0. The highest BCUT2D eigenvalue weighted by atomic mass is 16.5. The Morgan fingerprint density at radius 1 is 1.17 bits per heavy atom. The molecule has 3 aromatic rings. The second-order valence-electron chi connectivity index (χ2n) is 7.24. The van der Waals surface area contributed by atoms with Crippen LogP contribution >= 0.6 is 0 Å². The van der Waals surface area contributed by atoms with Crippen LogP contribution in [0.2, 0.25) is 0 Å². The zero-order valence-corrected chi connectivity index (χ0v) is 16.3. The predicted octanol–water partition coefficient (Wildman–Crippen LogP) is 3.28. The van der Waals surface area contributed by atoms with Crippen molar-refractivity contribution in [1.82, 2.24) is 9.78 Å². The van der Waals surface area contributed by atoms with E-state index in [0.29, 0.717) is 28.5 Å². The Kier molecular flexibility index (Phi) is 4.62. The van der Waals surface area contributed by atoms with Crippen LogP contribution in [0.25, 0.3) is 11.3 Å². The summed E-state index contributed by atoms with van der Waals surface area (Å²) in [4.78, 5) is 36.4. The SMILES string of the molecule is COC(=O)c1ccc(-c2ccc([C@@H]3CC(=O)Nc4c3c(=O)[nH]n4C(C)C)o2)cc1. The molecule has 0 saturated heterocycles. The quantitative estimate of drug-likeness (QED) is 0.660. The lowest BCUT2D eigenvalue weighted by atomic mass is 9.92. The van der Waals surface area contributed by atoms with E-state index in [1.807, 2.05) is 13.8 Å². The smallest absolute Gasteiger partial charge is 0.337 e. The summed E-state index contributed by atoms with van der Waals surface area (Å²) in [7, 11) is 1.33. The first-order valence-corrected chi connectivity index (χ1v) is 9.31. The molecule has 1 atom stereocenters. The van der Waals surface area contributed by atoms with Crippen molar-refractivity contribution in [2.24, 2.45) is 0 Å². The fourth-order valence-electron chi connectivity index (χ4n) is 3.60. The average molecular weight is 395 g/mol. The van der Waals surface area contributed by atoms with Crippen molar-refractivity contribution < 1.29 is 18.7 Å². The lowest BCUT2D eigenvalue weighted by Crippen LogP contribution is -2.27. The lowest BCUT2D eigenvalue weighted by Gasteiger charge is -2.22. The van der Waals surface area contributed by atoms with Gasteiger partial charge in [-0.25, -0.2) is 4.79 Å². The first-order chi connectivity index (χ1) is 13.9. The monoisotopic (exact) mass is 395 g/mol. The molecule has 8 nitrogen and oxygen atoms in total. The molecule has 1 amide bonds. The van der Waals surface area contributed by atoms with Crippen molar-refractivity contribution in [3.05, 3.63) is 63.6 Å². The molecule has 29 heavy (non-hydrogen) atoms. The summed E-state index contributed by atoms with van der Waals surface area (Å²) in [5, 5.41) is 5.60. The topological polar surface area (TPSA) is 106 Å². The average Bonchev–Trinajstić information content (AvgIpc) is 3.32. The summed E-state index contributed by atoms with van der Waals surface area (Å²) in [6.07, 6.45) is 0.131. The summed E-state index contributed by atoms with van der Waals surface area (Å²) in [6.45, 7) is 3.85. The molecule has 0 unspecified atom stereocenters. The minimum absolute atomic E-state index is 0.00835. The molecular formula is C21H21N3O5. The van der Waals surface area contributed by atoms with Gasteiger partial charge in [0.15, 0.2) is 0 Å². The second-order valence-corrected chi connectivity index (χ2v) is 7.24. The number of aromatic amines is 1. The number of methoxy groups -OCH3 is 1. The van der Waals surface area contributed by atoms with Gasteiger partial charge < -0.3 is 14.5 Å². The number of rotatable bonds is 4. The number of nitrogens with one attached hydrogen (secondary N) is 2. The lowest BCUT2D eigenvalue weighted by molar-refractivity contribution is -0.116. The number of nitrogens with zero attached hydrogens (tertiary/aromatic N) is 1. The van der Waals surface area contributed by atoms with E-state index in [1.165, 1.54) is 7.11 Å². The number of aromatic nitrogens is 2. The fourth-order valence-corrected chi connectivity index (χ4v) is 3.60. The number of hydrogen-bond donors (Lipinski definition) is 2. The van der Waals surface area contributed by atoms with Crippen molar-refractivity contribution in [2.75, 3.05) is 12.4 Å². The molecular weight excluding hydrogens is 374 g/mol. The van der Waals surface area contributed by atoms with Gasteiger partial charge in [0.05, 0.1) is 24.2 Å². The van der Waals surface area contributed by atoms with Crippen LogP contribution in [-0.4, -0.2) is 28.8 Å². The number of H-pyrrole nitrogens is 1. The van der Waals surface area contributed by atoms with E-state index >= 15 is 0 Å². The van der Waals surface area contributed by atoms with E-state index in [9.17, 15) is 14.4 Å². The van der Waals surface area contributed by atoms with Crippen LogP contribution in [0.1, 0.15) is 53.9 Å². The van der Waals surface area contributed by atoms with E-state index < -0.39 is 11.9 Å². The van der Waals surface area contributed by atoms with Crippen molar-refractivity contribution >= 4 is 17.7 Å². The molecule has 0 radical (unpaired) electrons. The van der Waals surface area contributed by atoms with Crippen LogP contribution in [0.3, 0.4) is 0 Å². The minimum Gasteiger partial charge on any atom is -0.465 e. The molecule has 4 rings (SSSR count). The third-order valence-electron chi connectivity index (χ3n) is 5.04. The number of anilines is 1. The van der Waals surface area contributed by atoms with Gasteiger partial charge >= 0.3 is 5.97 Å². The molecule has 1 aromatic carbocycles. The second kappa shape index (κ2) is 7.12. The molecule has 1 aliphatic heterocycles. The molecule has 0 aliphatic carbocycles. The molecule has 150 valence electrons. The van der Waals surface area contributed by atoms with Crippen molar-refractivity contribution in [1.29, 1.82) is 0 Å². The van der Waals surface area contributed by atoms with E-state index in [-0.39, 0.29) is 23.9 Å². The van der Waals surface area contributed by atoms with Crippen LogP contribution < -0.4 is 10.9 Å². The van der Waals surface area contributed by atoms with Crippen molar-refractivity contribution in [2.45, 2.75) is 32.2 Å². The van der Waals surface area contributed by atoms with Gasteiger partial charge in [-0.15, -0.1) is 0 Å². The zero-order chi connectivity index (χ0) is 20.7. The number of furan rings is 1. The van der Waals surface area contributed by atoms with E-state index in [1.54, 1.807) is 41.1 Å². The van der Waals surface area contributed by atoms with Gasteiger partial charge in [-0.1, -0.05) is 12.1 Å². The maximum atomic E-state index is 12.6. The van der Waals surface area contributed by atoms with Gasteiger partial charge in [0.2, 0.25) is 5.91 Å². The van der Waals surface area contributed by atoms with Gasteiger partial charge in [-0.05, 0) is 38.1 Å².